The van der Waals surface area contributed by atoms with Crippen molar-refractivity contribution < 1.29 is 0 Å². The molecule has 0 radical (unpaired) electrons. The van der Waals surface area contributed by atoms with E-state index in [1.54, 1.807) is 21.6 Å². The SMILES string of the molecule is NC1SS1. The van der Waals surface area contributed by atoms with Crippen molar-refractivity contribution in [2.75, 3.05) is 0 Å². The lowest BCUT2D eigenvalue weighted by atomic mass is 11.5. The van der Waals surface area contributed by atoms with Gasteiger partial charge in [0.25, 0.3) is 0 Å². The zero-order valence-electron chi connectivity index (χ0n) is 1.97. The molecule has 1 rings (SSSR count). The number of rotatable bonds is 0. The zero-order chi connectivity index (χ0) is 2.99. The Morgan fingerprint density at radius 3 is 1.75 bits per heavy atom. The van der Waals surface area contributed by atoms with Crippen LogP contribution in [-0.2, 0) is 0 Å². The van der Waals surface area contributed by atoms with Crippen molar-refractivity contribution in [1.29, 1.82) is 0 Å². The van der Waals surface area contributed by atoms with E-state index in [2.05, 4.69) is 0 Å². The second-order valence-corrected chi connectivity index (χ2v) is 3.41. The Morgan fingerprint density at radius 2 is 1.75 bits per heavy atom. The molecule has 24 valence electrons. The largest absolute Gasteiger partial charge is 0.310 e. The summed E-state index contributed by atoms with van der Waals surface area (Å²) < 4.78 is 0.417. The fourth-order valence-electron chi connectivity index (χ4n) is 0.0321. The molecule has 0 bridgehead atoms. The van der Waals surface area contributed by atoms with Crippen LogP contribution in [0, 0.1) is 0 Å². The second-order valence-electron chi connectivity index (χ2n) is 0.561. The number of nitrogens with two attached hydrogens (primary N) is 1. The first-order valence-electron chi connectivity index (χ1n) is 0.971. The van der Waals surface area contributed by atoms with Gasteiger partial charge in [0.1, 0.15) is 4.71 Å². The Bertz CT molecular complexity index is 25.2. The van der Waals surface area contributed by atoms with Gasteiger partial charge in [-0.3, -0.25) is 0 Å². The number of hydrogen-bond donors (Lipinski definition) is 1. The van der Waals surface area contributed by atoms with Gasteiger partial charge in [0.15, 0.2) is 0 Å². The Labute approximate surface area is 32.7 Å². The molecule has 0 saturated carbocycles. The van der Waals surface area contributed by atoms with E-state index in [0.29, 0.717) is 4.71 Å². The summed E-state index contributed by atoms with van der Waals surface area (Å²) in [5, 5.41) is 0. The quantitative estimate of drug-likeness (QED) is 0.351. The molecule has 0 spiro atoms. The molecule has 1 aliphatic heterocycles. The molecule has 1 heterocycles. The van der Waals surface area contributed by atoms with Gasteiger partial charge in [0.2, 0.25) is 0 Å². The molecule has 4 heavy (non-hydrogen) atoms. The highest BCUT2D eigenvalue weighted by atomic mass is 33.2. The maximum Gasteiger partial charge on any atom is 0.118 e. The summed E-state index contributed by atoms with van der Waals surface area (Å²) in [5.41, 5.74) is 5.15. The summed E-state index contributed by atoms with van der Waals surface area (Å²) in [4.78, 5) is 0. The summed E-state index contributed by atoms with van der Waals surface area (Å²) in [6, 6.07) is 0. The average Bonchev–Trinajstić information content (AvgIpc) is 1.75. The average molecular weight is 93.2 g/mol. The molecule has 0 atom stereocenters. The third kappa shape index (κ3) is 0.547. The lowest BCUT2D eigenvalue weighted by Crippen LogP contribution is -1.90. The summed E-state index contributed by atoms with van der Waals surface area (Å²) in [7, 11) is 3.44. The van der Waals surface area contributed by atoms with E-state index in [1.165, 1.54) is 0 Å². The van der Waals surface area contributed by atoms with Gasteiger partial charge in [-0.1, -0.05) is 21.6 Å². The fraction of sp³-hybridized carbons (Fsp3) is 1.00. The van der Waals surface area contributed by atoms with E-state index in [0.717, 1.165) is 0 Å². The molecular weight excluding hydrogens is 90.2 g/mol. The van der Waals surface area contributed by atoms with E-state index in [-0.39, 0.29) is 0 Å². The van der Waals surface area contributed by atoms with Gasteiger partial charge in [0, 0.05) is 0 Å². The third-order valence-electron chi connectivity index (χ3n) is 0.207. The predicted molar refractivity (Wildman–Crippen MR) is 23.2 cm³/mol. The van der Waals surface area contributed by atoms with Gasteiger partial charge < -0.3 is 5.73 Å². The van der Waals surface area contributed by atoms with Crippen LogP contribution in [0.5, 0.6) is 0 Å². The maximum absolute atomic E-state index is 5.15. The van der Waals surface area contributed by atoms with Gasteiger partial charge in [0.05, 0.1) is 0 Å². The van der Waals surface area contributed by atoms with Gasteiger partial charge in [-0.25, -0.2) is 0 Å². The molecule has 0 unspecified atom stereocenters. The Kier molecular flexibility index (Phi) is 0.581. The highest BCUT2D eigenvalue weighted by Crippen LogP contribution is 2.48. The third-order valence-corrected chi connectivity index (χ3v) is 1.87. The van der Waals surface area contributed by atoms with E-state index >= 15 is 0 Å². The zero-order valence-corrected chi connectivity index (χ0v) is 3.60. The van der Waals surface area contributed by atoms with E-state index < -0.39 is 0 Å². The molecular formula is CH3NS2. The Morgan fingerprint density at radius 1 is 1.50 bits per heavy atom. The normalized spacial score (nSPS) is 26.2. The molecule has 0 aromatic carbocycles. The minimum absolute atomic E-state index is 0.417. The molecule has 1 saturated heterocycles. The van der Waals surface area contributed by atoms with Gasteiger partial charge in [-0.2, -0.15) is 0 Å². The number of hydrogen-bond acceptors (Lipinski definition) is 3. The van der Waals surface area contributed by atoms with Crippen LogP contribution in [0.1, 0.15) is 0 Å². The summed E-state index contributed by atoms with van der Waals surface area (Å²) >= 11 is 0. The minimum atomic E-state index is 0.417. The molecule has 3 heteroatoms. The first-order chi connectivity index (χ1) is 1.89. The van der Waals surface area contributed by atoms with Crippen molar-refractivity contribution >= 4 is 21.6 Å². The highest BCUT2D eigenvalue weighted by Gasteiger charge is 2.16. The van der Waals surface area contributed by atoms with Gasteiger partial charge in [-0.05, 0) is 0 Å². The van der Waals surface area contributed by atoms with E-state index in [4.69, 9.17) is 5.73 Å². The van der Waals surface area contributed by atoms with Crippen LogP contribution in [0.2, 0.25) is 0 Å². The first-order valence-corrected chi connectivity index (χ1v) is 3.25. The van der Waals surface area contributed by atoms with Crippen molar-refractivity contribution in [2.45, 2.75) is 4.71 Å². The van der Waals surface area contributed by atoms with Crippen molar-refractivity contribution in [3.05, 3.63) is 0 Å². The van der Waals surface area contributed by atoms with Crippen LogP contribution in [0.15, 0.2) is 0 Å². The van der Waals surface area contributed by atoms with Crippen LogP contribution >= 0.6 is 21.6 Å². The van der Waals surface area contributed by atoms with Crippen LogP contribution in [0.4, 0.5) is 0 Å². The summed E-state index contributed by atoms with van der Waals surface area (Å²) in [6.07, 6.45) is 0. The highest BCUT2D eigenvalue weighted by molar-refractivity contribution is 8.92. The minimum Gasteiger partial charge on any atom is -0.310 e. The van der Waals surface area contributed by atoms with Crippen LogP contribution < -0.4 is 5.73 Å². The van der Waals surface area contributed by atoms with Gasteiger partial charge in [-0.15, -0.1) is 0 Å². The monoisotopic (exact) mass is 93.0 g/mol. The van der Waals surface area contributed by atoms with Crippen molar-refractivity contribution in [2.24, 2.45) is 5.73 Å². The van der Waals surface area contributed by atoms with Crippen molar-refractivity contribution in [3.8, 4) is 0 Å². The fourth-order valence-corrected chi connectivity index (χ4v) is 0.289. The molecule has 1 aliphatic rings. The van der Waals surface area contributed by atoms with Crippen LogP contribution in [-0.4, -0.2) is 4.71 Å². The Hall–Kier alpha value is 0.660. The smallest absolute Gasteiger partial charge is 0.118 e. The molecule has 0 aromatic heterocycles. The predicted octanol–water partition coefficient (Wildman–Crippen LogP) is 0.624. The standard InChI is InChI=1S/CH3NS2/c2-1-3-4-1/h1H,2H2. The molecule has 0 aliphatic carbocycles. The lowest BCUT2D eigenvalue weighted by molar-refractivity contribution is 1.35. The van der Waals surface area contributed by atoms with Crippen molar-refractivity contribution in [1.82, 2.24) is 0 Å². The van der Waals surface area contributed by atoms with Crippen LogP contribution in [0.25, 0.3) is 0 Å². The maximum atomic E-state index is 5.15. The second kappa shape index (κ2) is 0.808. The summed E-state index contributed by atoms with van der Waals surface area (Å²) in [6.45, 7) is 0. The molecule has 1 fully saturated rings. The molecule has 2 N–H and O–H groups in total. The lowest BCUT2D eigenvalue weighted by Gasteiger charge is -1.52. The van der Waals surface area contributed by atoms with Crippen LogP contribution in [0.3, 0.4) is 0 Å². The topological polar surface area (TPSA) is 26.0 Å². The molecule has 0 amide bonds. The van der Waals surface area contributed by atoms with Crippen molar-refractivity contribution in [3.63, 3.8) is 0 Å². The van der Waals surface area contributed by atoms with E-state index in [9.17, 15) is 0 Å². The van der Waals surface area contributed by atoms with Gasteiger partial charge >= 0.3 is 0 Å². The Balaban J connectivity index is 2.17. The molecule has 0 aromatic rings. The first kappa shape index (κ1) is 2.87. The van der Waals surface area contributed by atoms with E-state index in [1.807, 2.05) is 0 Å². The molecule has 1 nitrogen and oxygen atoms in total. The summed E-state index contributed by atoms with van der Waals surface area (Å²) in [5.74, 6) is 0.